The van der Waals surface area contributed by atoms with Crippen molar-refractivity contribution in [3.05, 3.63) is 35.9 Å². The molecule has 1 aliphatic rings. The van der Waals surface area contributed by atoms with Gasteiger partial charge in [0.25, 0.3) is 11.8 Å². The second kappa shape index (κ2) is 29.5. The minimum atomic E-state index is -1.54. The number of nitrogens with zero attached hydrogens (tertiary/aromatic N) is 6. The van der Waals surface area contributed by atoms with Gasteiger partial charge in [0.15, 0.2) is 6.04 Å². The number of likely N-dealkylation sites (tertiary alicyclic amines) is 1. The fourth-order valence-corrected chi connectivity index (χ4v) is 8.71. The monoisotopic (exact) mass is 1040 g/mol. The minimum absolute atomic E-state index is 0.0956. The zero-order valence-electron chi connectivity index (χ0n) is 47.5. The Balaban J connectivity index is 2.56. The summed E-state index contributed by atoms with van der Waals surface area (Å²) in [6.45, 7) is 19.7. The summed E-state index contributed by atoms with van der Waals surface area (Å²) in [6, 6.07) is -0.0616. The highest BCUT2D eigenvalue weighted by Gasteiger charge is 2.43. The van der Waals surface area contributed by atoms with E-state index in [1.54, 1.807) is 49.9 Å². The van der Waals surface area contributed by atoms with Gasteiger partial charge in [-0.05, 0) is 89.5 Å². The van der Waals surface area contributed by atoms with Crippen LogP contribution in [0.5, 0.6) is 0 Å². The maximum atomic E-state index is 14.9. The number of nitrogens with one attached hydrogen (secondary N) is 3. The number of aliphatic hydroxyl groups excluding tert-OH is 1. The third-order valence-corrected chi connectivity index (χ3v) is 13.2. The van der Waals surface area contributed by atoms with Gasteiger partial charge in [-0.1, -0.05) is 71.9 Å². The fourth-order valence-electron chi connectivity index (χ4n) is 8.71. The van der Waals surface area contributed by atoms with E-state index in [2.05, 4.69) is 16.0 Å². The number of carbonyl (C=O) groups is 9. The summed E-state index contributed by atoms with van der Waals surface area (Å²) >= 11 is 0. The van der Waals surface area contributed by atoms with Gasteiger partial charge in [0, 0.05) is 68.7 Å². The lowest BCUT2D eigenvalue weighted by atomic mass is 9.97. The van der Waals surface area contributed by atoms with Crippen LogP contribution in [0.3, 0.4) is 0 Å². The number of hydrogen-bond acceptors (Lipinski definition) is 11. The van der Waals surface area contributed by atoms with Crippen molar-refractivity contribution in [1.82, 2.24) is 45.3 Å². The van der Waals surface area contributed by atoms with Crippen molar-refractivity contribution < 1.29 is 53.0 Å². The Morgan fingerprint density at radius 2 is 1.05 bits per heavy atom. The smallest absolute Gasteiger partial charge is 0.254 e. The lowest BCUT2D eigenvalue weighted by Gasteiger charge is -2.38. The predicted molar refractivity (Wildman–Crippen MR) is 283 cm³/mol. The summed E-state index contributed by atoms with van der Waals surface area (Å²) in [5.41, 5.74) is -0.0402. The molecule has 1 saturated heterocycles. The van der Waals surface area contributed by atoms with Crippen LogP contribution in [0.1, 0.15) is 120 Å². The Morgan fingerprint density at radius 1 is 0.595 bits per heavy atom. The number of likely N-dealkylation sites (N-methyl/N-ethyl adjacent to an activating group) is 5. The number of piperidine rings is 1. The molecule has 8 atom stereocenters. The van der Waals surface area contributed by atoms with E-state index < -0.39 is 107 Å². The Hall–Kier alpha value is -5.63. The number of hydrogen-bond donors (Lipinski definition) is 4. The highest BCUT2D eigenvalue weighted by atomic mass is 16.5. The highest BCUT2D eigenvalue weighted by Crippen LogP contribution is 2.22. The van der Waals surface area contributed by atoms with Gasteiger partial charge in [0.05, 0.1) is 18.3 Å². The molecule has 2 unspecified atom stereocenters. The molecule has 1 aliphatic heterocycles. The molecule has 0 aliphatic carbocycles. The minimum Gasteiger partial charge on any atom is -0.391 e. The quantitative estimate of drug-likeness (QED) is 0.0984. The second-order valence-electron chi connectivity index (χ2n) is 22.4. The van der Waals surface area contributed by atoms with Crippen LogP contribution < -0.4 is 16.0 Å². The molecule has 4 N–H and O–H groups in total. The van der Waals surface area contributed by atoms with E-state index in [1.807, 2.05) is 47.6 Å². The van der Waals surface area contributed by atoms with Crippen LogP contribution >= 0.6 is 0 Å². The molecule has 1 aromatic carbocycles. The fraction of sp³-hybridized carbons (Fsp3) is 0.722. The molecule has 1 fully saturated rings. The molecular formula is C54H91N9O11. The number of benzene rings is 1. The highest BCUT2D eigenvalue weighted by molar-refractivity contribution is 6.07. The molecule has 1 aromatic rings. The third-order valence-electron chi connectivity index (χ3n) is 13.2. The summed E-state index contributed by atoms with van der Waals surface area (Å²) in [5.74, 6) is -6.23. The number of rotatable bonds is 26. The number of aliphatic hydroxyl groups is 1. The third kappa shape index (κ3) is 19.6. The molecule has 2 rings (SSSR count). The van der Waals surface area contributed by atoms with Crippen molar-refractivity contribution in [3.63, 3.8) is 0 Å². The molecule has 0 bridgehead atoms. The van der Waals surface area contributed by atoms with Crippen molar-refractivity contribution in [2.75, 3.05) is 62.0 Å². The Kier molecular flexibility index (Phi) is 25.7. The Morgan fingerprint density at radius 3 is 1.51 bits per heavy atom. The first-order valence-electron chi connectivity index (χ1n) is 26.1. The summed E-state index contributed by atoms with van der Waals surface area (Å²) in [5, 5.41) is 19.1. The first kappa shape index (κ1) is 64.5. The SMILES string of the molecule is CC(=O)N(C)[C@@H](Cc1ccccc1)C(=O)N[C@H](C(=O)N(C)[C@@H](CC(C)C)C(=O)N[C@@H](COC(C)(C)C)C(=O)N(C)[C@@H](CC(C)C)C(=O)N(C)[C@@H](CC(C)C)C(=O)NC(C(=O)N(C)C)C(=O)N1CCCCC1)C(C)O. The zero-order chi connectivity index (χ0) is 56.5. The van der Waals surface area contributed by atoms with Crippen LogP contribution in [-0.4, -0.2) is 204 Å². The number of carbonyl (C=O) groups excluding carboxylic acids is 9. The van der Waals surface area contributed by atoms with Crippen LogP contribution in [0.2, 0.25) is 0 Å². The maximum Gasteiger partial charge on any atom is 0.254 e. The summed E-state index contributed by atoms with van der Waals surface area (Å²) in [7, 11) is 8.72. The van der Waals surface area contributed by atoms with Crippen LogP contribution in [0.15, 0.2) is 30.3 Å². The van der Waals surface area contributed by atoms with Crippen molar-refractivity contribution in [1.29, 1.82) is 0 Å². The van der Waals surface area contributed by atoms with E-state index >= 15 is 0 Å². The predicted octanol–water partition coefficient (Wildman–Crippen LogP) is 2.45. The van der Waals surface area contributed by atoms with E-state index in [0.29, 0.717) is 13.1 Å². The second-order valence-corrected chi connectivity index (χ2v) is 22.4. The lowest BCUT2D eigenvalue weighted by molar-refractivity contribution is -0.153. The summed E-state index contributed by atoms with van der Waals surface area (Å²) < 4.78 is 6.10. The molecule has 418 valence electrons. The molecule has 1 heterocycles. The van der Waals surface area contributed by atoms with Crippen LogP contribution in [0, 0.1) is 17.8 Å². The molecule has 0 saturated carbocycles. The largest absolute Gasteiger partial charge is 0.391 e. The maximum absolute atomic E-state index is 14.9. The van der Waals surface area contributed by atoms with Crippen molar-refractivity contribution in [2.24, 2.45) is 17.8 Å². The number of amides is 9. The summed E-state index contributed by atoms with van der Waals surface area (Å²) in [4.78, 5) is 135. The van der Waals surface area contributed by atoms with E-state index in [-0.39, 0.29) is 50.0 Å². The molecule has 0 spiro atoms. The van der Waals surface area contributed by atoms with Crippen molar-refractivity contribution in [3.8, 4) is 0 Å². The van der Waals surface area contributed by atoms with Gasteiger partial charge in [0.2, 0.25) is 41.4 Å². The molecular weight excluding hydrogens is 951 g/mol. The van der Waals surface area contributed by atoms with E-state index in [0.717, 1.165) is 29.7 Å². The van der Waals surface area contributed by atoms with Crippen molar-refractivity contribution in [2.45, 2.75) is 175 Å². The van der Waals surface area contributed by atoms with E-state index in [4.69, 9.17) is 4.74 Å². The molecule has 0 aromatic heterocycles. The van der Waals surface area contributed by atoms with E-state index in [1.165, 1.54) is 75.7 Å². The molecule has 9 amide bonds. The van der Waals surface area contributed by atoms with Crippen molar-refractivity contribution >= 4 is 53.2 Å². The van der Waals surface area contributed by atoms with Gasteiger partial charge in [0.1, 0.15) is 36.3 Å². The number of ether oxygens (including phenoxy) is 1. The van der Waals surface area contributed by atoms with Gasteiger partial charge in [-0.25, -0.2) is 0 Å². The standard InChI is InChI=1S/C54H91N9O11/c1-33(2)28-40(61(16)52(72)44(36(7)64)56-48(68)42(59(14)37(8)65)31-38-24-20-18-21-25-38)46(66)55-39(32-74-54(9,10)11)49(69)62(17)43(30-35(5)6)50(70)60(15)41(29-34(3)4)47(67)57-45(51(71)58(12)13)53(73)63-26-22-19-23-27-63/h18,20-21,24-25,33-36,39-45,64H,19,22-23,26-32H2,1-17H3,(H,55,66)(H,56,68)(H,57,67)/t36?,39-,40-,41-,42-,43-,44-,45?/m0/s1. The average molecular weight is 1040 g/mol. The van der Waals surface area contributed by atoms with Gasteiger partial charge in [-0.2, -0.15) is 0 Å². The van der Waals surface area contributed by atoms with Gasteiger partial charge in [-0.3, -0.25) is 43.2 Å². The molecule has 20 nitrogen and oxygen atoms in total. The zero-order valence-corrected chi connectivity index (χ0v) is 47.5. The van der Waals surface area contributed by atoms with Gasteiger partial charge in [-0.15, -0.1) is 0 Å². The first-order chi connectivity index (χ1) is 34.3. The van der Waals surface area contributed by atoms with Gasteiger partial charge >= 0.3 is 0 Å². The Bertz CT molecular complexity index is 2050. The average Bonchev–Trinajstić information content (AvgIpc) is 3.33. The van der Waals surface area contributed by atoms with Gasteiger partial charge < -0.3 is 55.2 Å². The van der Waals surface area contributed by atoms with Crippen LogP contribution in [-0.2, 0) is 54.3 Å². The molecule has 0 radical (unpaired) electrons. The lowest BCUT2D eigenvalue weighted by Crippen LogP contribution is -2.63. The van der Waals surface area contributed by atoms with E-state index in [9.17, 15) is 48.3 Å². The molecule has 74 heavy (non-hydrogen) atoms. The topological polar surface area (TPSA) is 239 Å². The Labute approximate surface area is 441 Å². The van der Waals surface area contributed by atoms with Crippen LogP contribution in [0.25, 0.3) is 0 Å². The first-order valence-corrected chi connectivity index (χ1v) is 26.1. The molecule has 20 heteroatoms. The normalized spacial score (nSPS) is 16.1. The summed E-state index contributed by atoms with van der Waals surface area (Å²) in [6.07, 6.45) is 1.56. The van der Waals surface area contributed by atoms with Crippen LogP contribution in [0.4, 0.5) is 0 Å².